The van der Waals surface area contributed by atoms with E-state index in [9.17, 15) is 4.79 Å². The van der Waals surface area contributed by atoms with Gasteiger partial charge in [0.1, 0.15) is 0 Å². The van der Waals surface area contributed by atoms with Crippen LogP contribution in [0, 0.1) is 0 Å². The number of allylic oxidation sites excluding steroid dienone is 1. The van der Waals surface area contributed by atoms with Gasteiger partial charge in [-0.15, -0.1) is 0 Å². The fourth-order valence-electron chi connectivity index (χ4n) is 1.38. The highest BCUT2D eigenvalue weighted by molar-refractivity contribution is 9.10. The fraction of sp³-hybridized carbons (Fsp3) is 0. The Hall–Kier alpha value is -1.45. The predicted octanol–water partition coefficient (Wildman–Crippen LogP) is 0.0942. The van der Waals surface area contributed by atoms with Crippen molar-refractivity contribution in [1.29, 1.82) is 0 Å². The molecular formula is C14H11BrClNO. The number of benzene rings is 1. The molecule has 0 aliphatic carbocycles. The third-order valence-corrected chi connectivity index (χ3v) is 2.79. The van der Waals surface area contributed by atoms with Crippen LogP contribution in [-0.2, 0) is 0 Å². The summed E-state index contributed by atoms with van der Waals surface area (Å²) in [7, 11) is 0. The molecule has 1 heterocycles. The van der Waals surface area contributed by atoms with Gasteiger partial charge in [-0.05, 0) is 24.3 Å². The molecule has 1 aromatic heterocycles. The molecular weight excluding hydrogens is 314 g/mol. The smallest absolute Gasteiger partial charge is 0.191 e. The van der Waals surface area contributed by atoms with Crippen LogP contribution in [0.2, 0.25) is 0 Å². The molecule has 0 atom stereocenters. The summed E-state index contributed by atoms with van der Waals surface area (Å²) in [6.45, 7) is 0. The molecule has 92 valence electrons. The SMILES string of the molecule is O=C(/C=C/[n+]1ccccc1)c1ccc(Br)cc1.[Cl-]. The average molecular weight is 325 g/mol. The molecule has 0 saturated heterocycles. The van der Waals surface area contributed by atoms with Crippen LogP contribution in [0.25, 0.3) is 6.20 Å². The molecule has 0 aliphatic rings. The number of pyridine rings is 1. The molecule has 0 unspecified atom stereocenters. The topological polar surface area (TPSA) is 20.9 Å². The van der Waals surface area contributed by atoms with E-state index in [1.807, 2.05) is 47.3 Å². The van der Waals surface area contributed by atoms with E-state index < -0.39 is 0 Å². The summed E-state index contributed by atoms with van der Waals surface area (Å²) in [5.41, 5.74) is 0.681. The Morgan fingerprint density at radius 1 is 1.06 bits per heavy atom. The highest BCUT2D eigenvalue weighted by Gasteiger charge is 2.02. The lowest BCUT2D eigenvalue weighted by atomic mass is 10.1. The molecule has 0 saturated carbocycles. The van der Waals surface area contributed by atoms with Gasteiger partial charge in [-0.25, -0.2) is 0 Å². The van der Waals surface area contributed by atoms with E-state index in [2.05, 4.69) is 15.9 Å². The third kappa shape index (κ3) is 4.09. The second-order valence-electron chi connectivity index (χ2n) is 3.51. The van der Waals surface area contributed by atoms with E-state index in [1.54, 1.807) is 24.4 Å². The summed E-state index contributed by atoms with van der Waals surface area (Å²) in [4.78, 5) is 11.8. The monoisotopic (exact) mass is 323 g/mol. The Morgan fingerprint density at radius 3 is 2.28 bits per heavy atom. The summed E-state index contributed by atoms with van der Waals surface area (Å²) in [5.74, 6) is -0.00569. The number of hydrogen-bond acceptors (Lipinski definition) is 1. The van der Waals surface area contributed by atoms with Crippen LogP contribution in [0.4, 0.5) is 0 Å². The van der Waals surface area contributed by atoms with Gasteiger partial charge < -0.3 is 12.4 Å². The standard InChI is InChI=1S/C14H11BrNO.ClH/c15-13-6-4-12(5-7-13)14(17)8-11-16-9-2-1-3-10-16;/h1-11H;1H/q+1;/p-1/b11-8+;. The summed E-state index contributed by atoms with van der Waals surface area (Å²) >= 11 is 3.34. The van der Waals surface area contributed by atoms with Crippen LogP contribution in [0.15, 0.2) is 65.4 Å². The average Bonchev–Trinajstić information content (AvgIpc) is 2.38. The van der Waals surface area contributed by atoms with Gasteiger partial charge in [0.25, 0.3) is 0 Å². The molecule has 2 aromatic rings. The van der Waals surface area contributed by atoms with Crippen LogP contribution in [0.3, 0.4) is 0 Å². The van der Waals surface area contributed by atoms with Crippen LogP contribution < -0.4 is 17.0 Å². The predicted molar refractivity (Wildman–Crippen MR) is 70.4 cm³/mol. The lowest BCUT2D eigenvalue weighted by molar-refractivity contribution is -0.568. The van der Waals surface area contributed by atoms with Gasteiger partial charge in [0.15, 0.2) is 24.4 Å². The first-order chi connectivity index (χ1) is 8.25. The number of nitrogens with zero attached hydrogens (tertiary/aromatic N) is 1. The zero-order chi connectivity index (χ0) is 12.1. The number of carbonyl (C=O) groups is 1. The van der Waals surface area contributed by atoms with Gasteiger partial charge >= 0.3 is 0 Å². The molecule has 2 nitrogen and oxygen atoms in total. The number of ketones is 1. The Balaban J connectivity index is 0.00000162. The maximum atomic E-state index is 11.8. The minimum Gasteiger partial charge on any atom is -1.00 e. The van der Waals surface area contributed by atoms with E-state index in [4.69, 9.17) is 0 Å². The molecule has 2 rings (SSSR count). The minimum absolute atomic E-state index is 0. The quantitative estimate of drug-likeness (QED) is 0.445. The second kappa shape index (κ2) is 7.09. The number of rotatable bonds is 3. The highest BCUT2D eigenvalue weighted by atomic mass is 79.9. The van der Waals surface area contributed by atoms with E-state index in [-0.39, 0.29) is 18.2 Å². The van der Waals surface area contributed by atoms with Crippen LogP contribution in [0.5, 0.6) is 0 Å². The van der Waals surface area contributed by atoms with Crippen molar-refractivity contribution in [2.24, 2.45) is 0 Å². The zero-order valence-corrected chi connectivity index (χ0v) is 11.8. The summed E-state index contributed by atoms with van der Waals surface area (Å²) in [6.07, 6.45) is 7.06. The molecule has 0 amide bonds. The van der Waals surface area contributed by atoms with Gasteiger partial charge in [-0.2, -0.15) is 4.57 Å². The van der Waals surface area contributed by atoms with Crippen molar-refractivity contribution in [1.82, 2.24) is 0 Å². The fourth-order valence-corrected chi connectivity index (χ4v) is 1.64. The van der Waals surface area contributed by atoms with Crippen molar-refractivity contribution < 1.29 is 21.8 Å². The molecule has 0 N–H and O–H groups in total. The Labute approximate surface area is 121 Å². The van der Waals surface area contributed by atoms with Gasteiger partial charge in [-0.3, -0.25) is 4.79 Å². The molecule has 0 fully saturated rings. The van der Waals surface area contributed by atoms with Gasteiger partial charge in [0.2, 0.25) is 0 Å². The molecule has 0 spiro atoms. The van der Waals surface area contributed by atoms with Crippen LogP contribution in [-0.4, -0.2) is 5.78 Å². The van der Waals surface area contributed by atoms with Crippen molar-refractivity contribution in [2.75, 3.05) is 0 Å². The van der Waals surface area contributed by atoms with Crippen molar-refractivity contribution in [3.63, 3.8) is 0 Å². The first-order valence-corrected chi connectivity index (χ1v) is 5.99. The first-order valence-electron chi connectivity index (χ1n) is 5.19. The van der Waals surface area contributed by atoms with E-state index in [1.165, 1.54) is 0 Å². The molecule has 0 radical (unpaired) electrons. The largest absolute Gasteiger partial charge is 1.00 e. The Kier molecular flexibility index (Phi) is 5.75. The normalized spacial score (nSPS) is 10.1. The molecule has 18 heavy (non-hydrogen) atoms. The van der Waals surface area contributed by atoms with Crippen molar-refractivity contribution in [3.05, 3.63) is 71.0 Å². The van der Waals surface area contributed by atoms with Crippen molar-refractivity contribution >= 4 is 27.9 Å². The minimum atomic E-state index is -0.00569. The zero-order valence-electron chi connectivity index (χ0n) is 9.46. The summed E-state index contributed by atoms with van der Waals surface area (Å²) in [5, 5.41) is 0. The lowest BCUT2D eigenvalue weighted by Crippen LogP contribution is -3.00. The highest BCUT2D eigenvalue weighted by Crippen LogP contribution is 2.11. The summed E-state index contributed by atoms with van der Waals surface area (Å²) < 4.78 is 2.80. The van der Waals surface area contributed by atoms with Crippen LogP contribution >= 0.6 is 15.9 Å². The van der Waals surface area contributed by atoms with Crippen LogP contribution in [0.1, 0.15) is 10.4 Å². The van der Waals surface area contributed by atoms with Crippen molar-refractivity contribution in [3.8, 4) is 0 Å². The number of aromatic nitrogens is 1. The Bertz CT molecular complexity index is 537. The van der Waals surface area contributed by atoms with Gasteiger partial charge in [-0.1, -0.05) is 22.0 Å². The maximum Gasteiger partial charge on any atom is 0.191 e. The first kappa shape index (κ1) is 14.6. The summed E-state index contributed by atoms with van der Waals surface area (Å²) in [6, 6.07) is 13.1. The third-order valence-electron chi connectivity index (χ3n) is 2.27. The molecule has 1 aromatic carbocycles. The molecule has 0 bridgehead atoms. The van der Waals surface area contributed by atoms with E-state index in [0.717, 1.165) is 4.47 Å². The van der Waals surface area contributed by atoms with Gasteiger partial charge in [0, 0.05) is 22.2 Å². The number of halogens is 2. The Morgan fingerprint density at radius 2 is 1.67 bits per heavy atom. The molecule has 4 heteroatoms. The lowest BCUT2D eigenvalue weighted by Gasteiger charge is -1.94. The van der Waals surface area contributed by atoms with Crippen molar-refractivity contribution in [2.45, 2.75) is 0 Å². The molecule has 0 aliphatic heterocycles. The van der Waals surface area contributed by atoms with E-state index >= 15 is 0 Å². The van der Waals surface area contributed by atoms with Gasteiger partial charge in [0.05, 0.1) is 6.08 Å². The van der Waals surface area contributed by atoms with E-state index in [0.29, 0.717) is 5.56 Å². The second-order valence-corrected chi connectivity index (χ2v) is 4.43. The number of carbonyl (C=O) groups excluding carboxylic acids is 1. The number of hydrogen-bond donors (Lipinski definition) is 0. The maximum absolute atomic E-state index is 11.8.